The number of carbonyl (C=O) groups excluding carboxylic acids is 1. The van der Waals surface area contributed by atoms with Gasteiger partial charge in [-0.05, 0) is 45.0 Å². The van der Waals surface area contributed by atoms with Crippen molar-refractivity contribution in [3.8, 4) is 0 Å². The van der Waals surface area contributed by atoms with Gasteiger partial charge in [0.15, 0.2) is 5.78 Å². The Balaban J connectivity index is 2.09. The maximum Gasteiger partial charge on any atom is 0.280 e. The molecule has 6 heteroatoms. The predicted octanol–water partition coefficient (Wildman–Crippen LogP) is 2.33. The molecule has 1 aliphatic heterocycles. The van der Waals surface area contributed by atoms with Gasteiger partial charge in [-0.15, -0.1) is 0 Å². The molecule has 1 aliphatic rings. The van der Waals surface area contributed by atoms with Crippen molar-refractivity contribution in [3.63, 3.8) is 0 Å². The number of hydrogen-bond acceptors (Lipinski definition) is 5. The SMILES string of the molecule is CC(=O)c1cc(N(C)CCN2CCCC2)ccc1[N+](=O)[O-]. The number of anilines is 1. The normalized spacial score (nSPS) is 15.1. The summed E-state index contributed by atoms with van der Waals surface area (Å²) in [6.07, 6.45) is 2.52. The highest BCUT2D eigenvalue weighted by Crippen LogP contribution is 2.25. The Hall–Kier alpha value is -1.95. The molecule has 2 rings (SSSR count). The number of Topliss-reactive ketones (excluding diaryl/α,β-unsaturated/α-hetero) is 1. The summed E-state index contributed by atoms with van der Waals surface area (Å²) in [5.41, 5.74) is 0.884. The van der Waals surface area contributed by atoms with E-state index in [0.29, 0.717) is 0 Å². The van der Waals surface area contributed by atoms with Gasteiger partial charge in [-0.1, -0.05) is 0 Å². The van der Waals surface area contributed by atoms with Gasteiger partial charge in [-0.3, -0.25) is 14.9 Å². The molecular weight excluding hydrogens is 270 g/mol. The second-order valence-electron chi connectivity index (χ2n) is 5.49. The first-order chi connectivity index (χ1) is 9.99. The molecule has 0 aromatic heterocycles. The minimum Gasteiger partial charge on any atom is -0.373 e. The number of nitro groups is 1. The summed E-state index contributed by atoms with van der Waals surface area (Å²) >= 11 is 0. The van der Waals surface area contributed by atoms with Crippen molar-refractivity contribution < 1.29 is 9.72 Å². The molecule has 0 N–H and O–H groups in total. The standard InChI is InChI=1S/C15H21N3O3/c1-12(19)14-11-13(5-6-15(14)18(20)21)16(2)9-10-17-7-3-4-8-17/h5-6,11H,3-4,7-10H2,1-2H3. The molecule has 0 saturated carbocycles. The first-order valence-electron chi connectivity index (χ1n) is 7.22. The van der Waals surface area contributed by atoms with Crippen molar-refractivity contribution >= 4 is 17.2 Å². The Kier molecular flexibility index (Phi) is 4.90. The molecule has 1 saturated heterocycles. The smallest absolute Gasteiger partial charge is 0.280 e. The Bertz CT molecular complexity index is 539. The van der Waals surface area contributed by atoms with E-state index in [9.17, 15) is 14.9 Å². The van der Waals surface area contributed by atoms with Gasteiger partial charge in [-0.25, -0.2) is 0 Å². The zero-order valence-corrected chi connectivity index (χ0v) is 12.5. The molecule has 0 unspecified atom stereocenters. The average molecular weight is 291 g/mol. The van der Waals surface area contributed by atoms with E-state index in [0.717, 1.165) is 31.9 Å². The average Bonchev–Trinajstić information content (AvgIpc) is 2.97. The lowest BCUT2D eigenvalue weighted by atomic mass is 10.1. The Morgan fingerprint density at radius 2 is 2.05 bits per heavy atom. The van der Waals surface area contributed by atoms with Crippen LogP contribution in [0.3, 0.4) is 0 Å². The number of nitro benzene ring substituents is 1. The summed E-state index contributed by atoms with van der Waals surface area (Å²) in [6.45, 7) is 5.47. The van der Waals surface area contributed by atoms with Gasteiger partial charge in [0, 0.05) is 31.9 Å². The first kappa shape index (κ1) is 15.4. The highest BCUT2D eigenvalue weighted by Gasteiger charge is 2.19. The molecule has 21 heavy (non-hydrogen) atoms. The molecule has 1 aromatic carbocycles. The third-order valence-electron chi connectivity index (χ3n) is 3.95. The van der Waals surface area contributed by atoms with E-state index in [-0.39, 0.29) is 17.0 Å². The fraction of sp³-hybridized carbons (Fsp3) is 0.533. The largest absolute Gasteiger partial charge is 0.373 e. The van der Waals surface area contributed by atoms with Gasteiger partial charge in [-0.2, -0.15) is 0 Å². The molecule has 0 spiro atoms. The van der Waals surface area contributed by atoms with Crippen LogP contribution in [0.5, 0.6) is 0 Å². The fourth-order valence-corrected chi connectivity index (χ4v) is 2.63. The zero-order chi connectivity index (χ0) is 15.4. The van der Waals surface area contributed by atoms with E-state index < -0.39 is 4.92 Å². The third-order valence-corrected chi connectivity index (χ3v) is 3.95. The second-order valence-corrected chi connectivity index (χ2v) is 5.49. The Labute approximate surface area is 124 Å². The molecule has 1 heterocycles. The van der Waals surface area contributed by atoms with Crippen LogP contribution < -0.4 is 4.90 Å². The molecule has 0 aliphatic carbocycles. The topological polar surface area (TPSA) is 66.7 Å². The van der Waals surface area contributed by atoms with Crippen LogP contribution in [0.4, 0.5) is 11.4 Å². The van der Waals surface area contributed by atoms with E-state index in [4.69, 9.17) is 0 Å². The summed E-state index contributed by atoms with van der Waals surface area (Å²) in [5, 5.41) is 10.9. The van der Waals surface area contributed by atoms with Crippen molar-refractivity contribution in [3.05, 3.63) is 33.9 Å². The number of likely N-dealkylation sites (tertiary alicyclic amines) is 1. The molecule has 0 amide bonds. The lowest BCUT2D eigenvalue weighted by molar-refractivity contribution is -0.385. The first-order valence-corrected chi connectivity index (χ1v) is 7.22. The van der Waals surface area contributed by atoms with Crippen LogP contribution in [-0.2, 0) is 0 Å². The van der Waals surface area contributed by atoms with Crippen molar-refractivity contribution in [2.75, 3.05) is 38.1 Å². The summed E-state index contributed by atoms with van der Waals surface area (Å²) in [6, 6.07) is 4.73. The summed E-state index contributed by atoms with van der Waals surface area (Å²) < 4.78 is 0. The third kappa shape index (κ3) is 3.78. The van der Waals surface area contributed by atoms with E-state index in [2.05, 4.69) is 4.90 Å². The minimum atomic E-state index is -0.509. The second kappa shape index (κ2) is 6.67. The molecule has 6 nitrogen and oxygen atoms in total. The number of carbonyl (C=O) groups is 1. The van der Waals surface area contributed by atoms with E-state index in [1.165, 1.54) is 25.8 Å². The minimum absolute atomic E-state index is 0.126. The Morgan fingerprint density at radius 3 is 2.62 bits per heavy atom. The van der Waals surface area contributed by atoms with Gasteiger partial charge in [0.1, 0.15) is 0 Å². The molecular formula is C15H21N3O3. The van der Waals surface area contributed by atoms with E-state index >= 15 is 0 Å². The molecule has 0 atom stereocenters. The lowest BCUT2D eigenvalue weighted by Gasteiger charge is -2.23. The fourth-order valence-electron chi connectivity index (χ4n) is 2.63. The van der Waals surface area contributed by atoms with Gasteiger partial charge in [0.2, 0.25) is 0 Å². The van der Waals surface area contributed by atoms with Crippen LogP contribution in [0.2, 0.25) is 0 Å². The van der Waals surface area contributed by atoms with Gasteiger partial charge < -0.3 is 9.80 Å². The van der Waals surface area contributed by atoms with Gasteiger partial charge in [0.25, 0.3) is 5.69 Å². The number of rotatable bonds is 6. The molecule has 0 bridgehead atoms. The monoisotopic (exact) mass is 291 g/mol. The van der Waals surface area contributed by atoms with Crippen LogP contribution >= 0.6 is 0 Å². The van der Waals surface area contributed by atoms with Gasteiger partial charge >= 0.3 is 0 Å². The van der Waals surface area contributed by atoms with Crippen molar-refractivity contribution in [2.24, 2.45) is 0 Å². The highest BCUT2D eigenvalue weighted by molar-refractivity contribution is 5.99. The van der Waals surface area contributed by atoms with Crippen LogP contribution in [0, 0.1) is 10.1 Å². The number of ketones is 1. The van der Waals surface area contributed by atoms with E-state index in [1.807, 2.05) is 11.9 Å². The predicted molar refractivity (Wildman–Crippen MR) is 82.0 cm³/mol. The van der Waals surface area contributed by atoms with Gasteiger partial charge in [0.05, 0.1) is 10.5 Å². The molecule has 114 valence electrons. The van der Waals surface area contributed by atoms with Crippen molar-refractivity contribution in [2.45, 2.75) is 19.8 Å². The molecule has 1 aromatic rings. The van der Waals surface area contributed by atoms with Crippen LogP contribution in [0.1, 0.15) is 30.1 Å². The number of likely N-dealkylation sites (N-methyl/N-ethyl adjacent to an activating group) is 1. The summed E-state index contributed by atoms with van der Waals surface area (Å²) in [5.74, 6) is -0.281. The van der Waals surface area contributed by atoms with Crippen LogP contribution in [0.15, 0.2) is 18.2 Å². The lowest BCUT2D eigenvalue weighted by Crippen LogP contribution is -2.31. The number of hydrogen-bond donors (Lipinski definition) is 0. The zero-order valence-electron chi connectivity index (χ0n) is 12.5. The van der Waals surface area contributed by atoms with Crippen molar-refractivity contribution in [1.82, 2.24) is 4.90 Å². The molecule has 0 radical (unpaired) electrons. The van der Waals surface area contributed by atoms with Crippen LogP contribution in [-0.4, -0.2) is 48.8 Å². The van der Waals surface area contributed by atoms with E-state index in [1.54, 1.807) is 12.1 Å². The molecule has 1 fully saturated rings. The highest BCUT2D eigenvalue weighted by atomic mass is 16.6. The van der Waals surface area contributed by atoms with Crippen LogP contribution in [0.25, 0.3) is 0 Å². The summed E-state index contributed by atoms with van der Waals surface area (Å²) in [7, 11) is 1.95. The quantitative estimate of drug-likeness (QED) is 0.457. The van der Waals surface area contributed by atoms with Crippen molar-refractivity contribution in [1.29, 1.82) is 0 Å². The Morgan fingerprint density at radius 1 is 1.38 bits per heavy atom. The maximum absolute atomic E-state index is 11.6. The number of benzene rings is 1. The maximum atomic E-state index is 11.6. The summed E-state index contributed by atoms with van der Waals surface area (Å²) in [4.78, 5) is 26.5. The number of nitrogens with zero attached hydrogens (tertiary/aromatic N) is 3.